The predicted octanol–water partition coefficient (Wildman–Crippen LogP) is 3.16. The Morgan fingerprint density at radius 3 is 2.65 bits per heavy atom. The van der Waals surface area contributed by atoms with E-state index in [2.05, 4.69) is 53.3 Å². The van der Waals surface area contributed by atoms with Crippen molar-refractivity contribution < 1.29 is 4.74 Å². The zero-order valence-electron chi connectivity index (χ0n) is 12.0. The monoisotopic (exact) mass is 358 g/mol. The van der Waals surface area contributed by atoms with E-state index in [0.29, 0.717) is 0 Å². The van der Waals surface area contributed by atoms with Crippen LogP contribution in [-0.4, -0.2) is 16.9 Å². The number of nitrogens with two attached hydrogens (primary N) is 1. The molecule has 110 valence electrons. The van der Waals surface area contributed by atoms with Gasteiger partial charge >= 0.3 is 0 Å². The molecule has 0 aromatic carbocycles. The molecule has 20 heavy (non-hydrogen) atoms. The number of hydrogen-bond donors (Lipinski definition) is 2. The van der Waals surface area contributed by atoms with Gasteiger partial charge in [-0.05, 0) is 48.3 Å². The number of aromatic nitrogens is 2. The molecular weight excluding hydrogens is 340 g/mol. The molecule has 0 fully saturated rings. The van der Waals surface area contributed by atoms with Gasteiger partial charge in [-0.3, -0.25) is 10.5 Å². The van der Waals surface area contributed by atoms with Crippen molar-refractivity contribution in [2.45, 2.75) is 32.9 Å². The van der Waals surface area contributed by atoms with Crippen LogP contribution in [0.1, 0.15) is 42.1 Å². The highest BCUT2D eigenvalue weighted by atomic mass is 79.9. The van der Waals surface area contributed by atoms with Crippen LogP contribution in [0.15, 0.2) is 16.0 Å². The summed E-state index contributed by atoms with van der Waals surface area (Å²) in [4.78, 5) is 1.12. The number of nitrogens with zero attached hydrogens (tertiary/aromatic N) is 2. The van der Waals surface area contributed by atoms with Crippen molar-refractivity contribution in [3.05, 3.63) is 32.2 Å². The first-order valence-corrected chi connectivity index (χ1v) is 7.93. The second-order valence-electron chi connectivity index (χ2n) is 4.84. The van der Waals surface area contributed by atoms with Crippen LogP contribution in [-0.2, 0) is 0 Å². The molecule has 0 aliphatic carbocycles. The highest BCUT2D eigenvalue weighted by Crippen LogP contribution is 2.37. The Morgan fingerprint density at radius 1 is 1.50 bits per heavy atom. The van der Waals surface area contributed by atoms with Crippen molar-refractivity contribution in [2.75, 3.05) is 7.11 Å². The minimum atomic E-state index is -0.148. The Morgan fingerprint density at radius 2 is 2.20 bits per heavy atom. The number of halogens is 1. The van der Waals surface area contributed by atoms with Crippen LogP contribution in [0.25, 0.3) is 0 Å². The molecule has 0 aliphatic heterocycles. The molecule has 0 radical (unpaired) electrons. The highest BCUT2D eigenvalue weighted by molar-refractivity contribution is 9.11. The Bertz CT molecular complexity index is 574. The zero-order chi connectivity index (χ0) is 14.9. The molecule has 0 amide bonds. The molecule has 3 N–H and O–H groups in total. The number of hydrogen-bond acceptors (Lipinski definition) is 5. The number of thiophene rings is 1. The summed E-state index contributed by atoms with van der Waals surface area (Å²) >= 11 is 5.22. The third kappa shape index (κ3) is 2.76. The van der Waals surface area contributed by atoms with Crippen LogP contribution in [0.5, 0.6) is 5.75 Å². The largest absolute Gasteiger partial charge is 0.493 e. The third-order valence-electron chi connectivity index (χ3n) is 3.11. The second kappa shape index (κ2) is 6.26. The quantitative estimate of drug-likeness (QED) is 0.636. The molecule has 0 aliphatic rings. The molecule has 0 saturated carbocycles. The van der Waals surface area contributed by atoms with E-state index >= 15 is 0 Å². The lowest BCUT2D eigenvalue weighted by atomic mass is 10.1. The van der Waals surface area contributed by atoms with Gasteiger partial charge in [-0.2, -0.15) is 5.10 Å². The van der Waals surface area contributed by atoms with Gasteiger partial charge in [0.1, 0.15) is 11.7 Å². The summed E-state index contributed by atoms with van der Waals surface area (Å²) in [6.07, 6.45) is 1.73. The van der Waals surface area contributed by atoms with E-state index in [4.69, 9.17) is 10.6 Å². The average molecular weight is 359 g/mol. The minimum absolute atomic E-state index is 0.148. The highest BCUT2D eigenvalue weighted by Gasteiger charge is 2.25. The van der Waals surface area contributed by atoms with Crippen LogP contribution >= 0.6 is 27.3 Å². The van der Waals surface area contributed by atoms with Crippen LogP contribution < -0.4 is 16.0 Å². The van der Waals surface area contributed by atoms with Crippen molar-refractivity contribution >= 4 is 27.3 Å². The number of rotatable bonds is 5. The first-order valence-electron chi connectivity index (χ1n) is 6.33. The second-order valence-corrected chi connectivity index (χ2v) is 7.24. The van der Waals surface area contributed by atoms with Gasteiger partial charge in [0.25, 0.3) is 0 Å². The summed E-state index contributed by atoms with van der Waals surface area (Å²) in [6, 6.07) is 2.20. The van der Waals surface area contributed by atoms with Gasteiger partial charge in [0.15, 0.2) is 5.75 Å². The van der Waals surface area contributed by atoms with Crippen molar-refractivity contribution in [1.82, 2.24) is 15.2 Å². The fraction of sp³-hybridized carbons (Fsp3) is 0.462. The fourth-order valence-electron chi connectivity index (χ4n) is 2.12. The van der Waals surface area contributed by atoms with Crippen LogP contribution in [0.3, 0.4) is 0 Å². The first kappa shape index (κ1) is 15.5. The molecule has 0 spiro atoms. The summed E-state index contributed by atoms with van der Waals surface area (Å²) in [7, 11) is 1.65. The third-order valence-corrected chi connectivity index (χ3v) is 5.31. The molecule has 2 heterocycles. The lowest BCUT2D eigenvalue weighted by Gasteiger charge is -2.19. The van der Waals surface area contributed by atoms with Crippen molar-refractivity contribution in [2.24, 2.45) is 5.84 Å². The number of aryl methyl sites for hydroxylation is 1. The molecule has 1 atom stereocenters. The number of hydrazine groups is 1. The molecule has 0 bridgehead atoms. The van der Waals surface area contributed by atoms with Gasteiger partial charge in [0.2, 0.25) is 0 Å². The zero-order valence-corrected chi connectivity index (χ0v) is 14.4. The van der Waals surface area contributed by atoms with E-state index in [0.717, 1.165) is 20.1 Å². The maximum Gasteiger partial charge on any atom is 0.162 e. The standard InChI is InChI=1S/C13H19BrN4OS/c1-7(2)18-12(9(19-4)6-16-18)11(17-15)10-5-8(3)13(14)20-10/h5-7,11,17H,15H2,1-4H3. The smallest absolute Gasteiger partial charge is 0.162 e. The Hall–Kier alpha value is -0.890. The lowest BCUT2D eigenvalue weighted by molar-refractivity contribution is 0.395. The summed E-state index contributed by atoms with van der Waals surface area (Å²) in [5, 5.41) is 4.40. The molecule has 2 aromatic heterocycles. The minimum Gasteiger partial charge on any atom is -0.493 e. The topological polar surface area (TPSA) is 65.1 Å². The summed E-state index contributed by atoms with van der Waals surface area (Å²) < 4.78 is 8.48. The van der Waals surface area contributed by atoms with Crippen molar-refractivity contribution in [3.8, 4) is 5.75 Å². The molecule has 0 saturated heterocycles. The maximum atomic E-state index is 5.79. The molecule has 5 nitrogen and oxygen atoms in total. The molecule has 2 aromatic rings. The van der Waals surface area contributed by atoms with Gasteiger partial charge in [0.05, 0.1) is 17.1 Å². The van der Waals surface area contributed by atoms with Crippen molar-refractivity contribution in [3.63, 3.8) is 0 Å². The number of nitrogens with one attached hydrogen (secondary N) is 1. The molecule has 1 unspecified atom stereocenters. The summed E-state index contributed by atoms with van der Waals surface area (Å²) in [5.74, 6) is 6.53. The SMILES string of the molecule is COc1cnn(C(C)C)c1C(NN)c1cc(C)c(Br)s1. The van der Waals surface area contributed by atoms with Gasteiger partial charge in [-0.15, -0.1) is 11.3 Å². The summed E-state index contributed by atoms with van der Waals surface area (Å²) in [6.45, 7) is 6.23. The van der Waals surface area contributed by atoms with Crippen molar-refractivity contribution in [1.29, 1.82) is 0 Å². The number of ether oxygens (including phenoxy) is 1. The Kier molecular flexibility index (Phi) is 4.85. The van der Waals surface area contributed by atoms with Crippen LogP contribution in [0.4, 0.5) is 0 Å². The Labute approximate surface area is 131 Å². The van der Waals surface area contributed by atoms with E-state index in [1.54, 1.807) is 24.6 Å². The maximum absolute atomic E-state index is 5.79. The van der Waals surface area contributed by atoms with Gasteiger partial charge in [0, 0.05) is 10.9 Å². The normalized spacial score (nSPS) is 12.9. The van der Waals surface area contributed by atoms with Gasteiger partial charge in [-0.25, -0.2) is 5.43 Å². The molecule has 2 rings (SSSR count). The molecule has 7 heteroatoms. The van der Waals surface area contributed by atoms with E-state index in [1.165, 1.54) is 5.56 Å². The molecular formula is C13H19BrN4OS. The fourth-order valence-corrected chi connectivity index (χ4v) is 3.76. The van der Waals surface area contributed by atoms with Gasteiger partial charge < -0.3 is 4.74 Å². The first-order chi connectivity index (χ1) is 9.49. The van der Waals surface area contributed by atoms with E-state index in [9.17, 15) is 0 Å². The summed E-state index contributed by atoms with van der Waals surface area (Å²) in [5.41, 5.74) is 5.02. The van der Waals surface area contributed by atoms with Crippen LogP contribution in [0.2, 0.25) is 0 Å². The average Bonchev–Trinajstić information content (AvgIpc) is 2.96. The lowest BCUT2D eigenvalue weighted by Crippen LogP contribution is -2.30. The predicted molar refractivity (Wildman–Crippen MR) is 85.1 cm³/mol. The number of methoxy groups -OCH3 is 1. The van der Waals surface area contributed by atoms with E-state index < -0.39 is 0 Å². The Balaban J connectivity index is 2.53. The van der Waals surface area contributed by atoms with E-state index in [-0.39, 0.29) is 12.1 Å². The van der Waals surface area contributed by atoms with E-state index in [1.807, 2.05) is 4.68 Å². The van der Waals surface area contributed by atoms with Crippen LogP contribution in [0, 0.1) is 6.92 Å². The van der Waals surface area contributed by atoms with Gasteiger partial charge in [-0.1, -0.05) is 0 Å².